The molecule has 0 fully saturated rings. The molecule has 0 atom stereocenters. The number of halogens is 1. The molecule has 0 bridgehead atoms. The zero-order valence-electron chi connectivity index (χ0n) is 10.3. The number of pyridine rings is 1. The van der Waals surface area contributed by atoms with Crippen molar-refractivity contribution in [2.45, 2.75) is 26.2 Å². The Balaban J connectivity index is 3.24. The van der Waals surface area contributed by atoms with Crippen LogP contribution in [0.25, 0.3) is 0 Å². The van der Waals surface area contributed by atoms with Crippen LogP contribution in [0.1, 0.15) is 36.8 Å². The van der Waals surface area contributed by atoms with Crippen LogP contribution in [0.15, 0.2) is 12.1 Å². The number of hydrogen-bond acceptors (Lipinski definition) is 2. The highest BCUT2D eigenvalue weighted by Crippen LogP contribution is 2.23. The van der Waals surface area contributed by atoms with Gasteiger partial charge < -0.3 is 4.90 Å². The summed E-state index contributed by atoms with van der Waals surface area (Å²) in [6.07, 6.45) is 0. The van der Waals surface area contributed by atoms with E-state index in [4.69, 9.17) is 11.6 Å². The molecule has 0 aliphatic heterocycles. The van der Waals surface area contributed by atoms with Crippen LogP contribution in [-0.4, -0.2) is 29.9 Å². The third-order valence-electron chi connectivity index (χ3n) is 2.22. The highest BCUT2D eigenvalue weighted by atomic mass is 35.5. The van der Waals surface area contributed by atoms with E-state index in [9.17, 15) is 4.79 Å². The molecule has 0 aromatic carbocycles. The van der Waals surface area contributed by atoms with Crippen LogP contribution >= 0.6 is 11.6 Å². The van der Waals surface area contributed by atoms with Crippen molar-refractivity contribution in [3.8, 4) is 0 Å². The Morgan fingerprint density at radius 2 is 1.88 bits per heavy atom. The van der Waals surface area contributed by atoms with Crippen molar-refractivity contribution in [3.63, 3.8) is 0 Å². The van der Waals surface area contributed by atoms with Gasteiger partial charge >= 0.3 is 0 Å². The van der Waals surface area contributed by atoms with Gasteiger partial charge in [-0.25, -0.2) is 4.98 Å². The van der Waals surface area contributed by atoms with Gasteiger partial charge in [-0.1, -0.05) is 32.4 Å². The van der Waals surface area contributed by atoms with Crippen LogP contribution in [0.2, 0.25) is 5.15 Å². The van der Waals surface area contributed by atoms with Crippen LogP contribution in [0, 0.1) is 0 Å². The van der Waals surface area contributed by atoms with E-state index in [-0.39, 0.29) is 11.3 Å². The third-order valence-corrected chi connectivity index (χ3v) is 2.41. The molecular formula is C12H17ClN2O. The minimum atomic E-state index is -0.119. The van der Waals surface area contributed by atoms with E-state index in [1.807, 2.05) is 20.8 Å². The van der Waals surface area contributed by atoms with Crippen molar-refractivity contribution < 1.29 is 4.79 Å². The molecule has 0 N–H and O–H groups in total. The van der Waals surface area contributed by atoms with Gasteiger partial charge in [-0.15, -0.1) is 0 Å². The largest absolute Gasteiger partial charge is 0.345 e. The normalized spacial score (nSPS) is 11.4. The second-order valence-electron chi connectivity index (χ2n) is 5.01. The molecule has 16 heavy (non-hydrogen) atoms. The Kier molecular flexibility index (Phi) is 3.58. The first-order valence-electron chi connectivity index (χ1n) is 5.11. The molecule has 1 aromatic rings. The monoisotopic (exact) mass is 240 g/mol. The Bertz CT molecular complexity index is 408. The summed E-state index contributed by atoms with van der Waals surface area (Å²) in [5, 5.41) is 0.359. The van der Waals surface area contributed by atoms with E-state index < -0.39 is 0 Å². The van der Waals surface area contributed by atoms with E-state index in [0.29, 0.717) is 10.7 Å². The molecule has 88 valence electrons. The predicted octanol–water partition coefficient (Wildman–Crippen LogP) is 2.73. The zero-order chi connectivity index (χ0) is 12.5. The smallest absolute Gasteiger partial charge is 0.253 e. The molecule has 0 spiro atoms. The van der Waals surface area contributed by atoms with E-state index in [1.54, 1.807) is 26.2 Å². The van der Waals surface area contributed by atoms with Gasteiger partial charge in [0.2, 0.25) is 0 Å². The van der Waals surface area contributed by atoms with Crippen molar-refractivity contribution in [3.05, 3.63) is 28.5 Å². The van der Waals surface area contributed by atoms with E-state index in [2.05, 4.69) is 4.98 Å². The zero-order valence-corrected chi connectivity index (χ0v) is 11.1. The van der Waals surface area contributed by atoms with Gasteiger partial charge in [-0.05, 0) is 12.1 Å². The van der Waals surface area contributed by atoms with Crippen LogP contribution in [-0.2, 0) is 5.41 Å². The van der Waals surface area contributed by atoms with Gasteiger partial charge in [0, 0.05) is 30.8 Å². The maximum atomic E-state index is 11.8. The maximum Gasteiger partial charge on any atom is 0.253 e. The first kappa shape index (κ1) is 13.0. The topological polar surface area (TPSA) is 33.2 Å². The Hall–Kier alpha value is -1.09. The summed E-state index contributed by atoms with van der Waals surface area (Å²) < 4.78 is 0. The van der Waals surface area contributed by atoms with Gasteiger partial charge in [0.05, 0.1) is 0 Å². The Morgan fingerprint density at radius 3 is 2.31 bits per heavy atom. The lowest BCUT2D eigenvalue weighted by molar-refractivity contribution is 0.0827. The highest BCUT2D eigenvalue weighted by Gasteiger charge is 2.19. The first-order chi connectivity index (χ1) is 7.21. The van der Waals surface area contributed by atoms with Gasteiger partial charge in [0.1, 0.15) is 5.15 Å². The molecule has 1 rings (SSSR count). The summed E-state index contributed by atoms with van der Waals surface area (Å²) in [6.45, 7) is 6.11. The van der Waals surface area contributed by atoms with Crippen molar-refractivity contribution in [1.82, 2.24) is 9.88 Å². The molecule has 0 saturated carbocycles. The average Bonchev–Trinajstić information content (AvgIpc) is 2.14. The average molecular weight is 241 g/mol. The van der Waals surface area contributed by atoms with Crippen molar-refractivity contribution in [2.75, 3.05) is 14.1 Å². The molecule has 1 aromatic heterocycles. The van der Waals surface area contributed by atoms with Crippen LogP contribution < -0.4 is 0 Å². The predicted molar refractivity (Wildman–Crippen MR) is 66.0 cm³/mol. The minimum absolute atomic E-state index is 0.0604. The highest BCUT2D eigenvalue weighted by molar-refractivity contribution is 6.29. The van der Waals surface area contributed by atoms with Gasteiger partial charge in [-0.3, -0.25) is 4.79 Å². The number of carbonyl (C=O) groups excluding carboxylic acids is 1. The molecule has 1 heterocycles. The summed E-state index contributed by atoms with van der Waals surface area (Å²) >= 11 is 5.92. The van der Waals surface area contributed by atoms with Crippen LogP contribution in [0.5, 0.6) is 0 Å². The fraction of sp³-hybridized carbons (Fsp3) is 0.500. The second kappa shape index (κ2) is 4.42. The molecule has 0 unspecified atom stereocenters. The fourth-order valence-corrected chi connectivity index (χ4v) is 1.47. The van der Waals surface area contributed by atoms with Crippen LogP contribution in [0.4, 0.5) is 0 Å². The molecular weight excluding hydrogens is 224 g/mol. The molecule has 4 heteroatoms. The quantitative estimate of drug-likeness (QED) is 0.708. The van der Waals surface area contributed by atoms with E-state index in [1.165, 1.54) is 4.90 Å². The lowest BCUT2D eigenvalue weighted by Gasteiger charge is -2.19. The second-order valence-corrected chi connectivity index (χ2v) is 5.40. The summed E-state index contributed by atoms with van der Waals surface area (Å²) in [4.78, 5) is 17.6. The van der Waals surface area contributed by atoms with Crippen molar-refractivity contribution in [1.29, 1.82) is 0 Å². The Labute approximate surface area is 101 Å². The number of aromatic nitrogens is 1. The van der Waals surface area contributed by atoms with E-state index in [0.717, 1.165) is 5.69 Å². The molecule has 1 amide bonds. The van der Waals surface area contributed by atoms with Gasteiger partial charge in [-0.2, -0.15) is 0 Å². The van der Waals surface area contributed by atoms with Gasteiger partial charge in [0.25, 0.3) is 5.91 Å². The minimum Gasteiger partial charge on any atom is -0.345 e. The molecule has 3 nitrogen and oxygen atoms in total. The van der Waals surface area contributed by atoms with Crippen LogP contribution in [0.3, 0.4) is 0 Å². The van der Waals surface area contributed by atoms with Crippen molar-refractivity contribution in [2.24, 2.45) is 0 Å². The number of amides is 1. The Morgan fingerprint density at radius 1 is 1.31 bits per heavy atom. The molecule has 0 aliphatic rings. The lowest BCUT2D eigenvalue weighted by Crippen LogP contribution is -2.23. The summed E-state index contributed by atoms with van der Waals surface area (Å²) in [5.41, 5.74) is 1.28. The van der Waals surface area contributed by atoms with Crippen molar-refractivity contribution >= 4 is 17.5 Å². The summed E-state index contributed by atoms with van der Waals surface area (Å²) in [5.74, 6) is -0.0604. The number of rotatable bonds is 1. The molecule has 0 radical (unpaired) electrons. The lowest BCUT2D eigenvalue weighted by atomic mass is 9.91. The third kappa shape index (κ3) is 2.95. The fourth-order valence-electron chi connectivity index (χ4n) is 1.26. The van der Waals surface area contributed by atoms with E-state index >= 15 is 0 Å². The molecule has 0 aliphatic carbocycles. The SMILES string of the molecule is CN(C)C(=O)c1cc(Cl)nc(C(C)(C)C)c1. The summed E-state index contributed by atoms with van der Waals surface area (Å²) in [6, 6.07) is 3.40. The maximum absolute atomic E-state index is 11.8. The number of nitrogens with zero attached hydrogens (tertiary/aromatic N) is 2. The number of carbonyl (C=O) groups is 1. The number of hydrogen-bond donors (Lipinski definition) is 0. The van der Waals surface area contributed by atoms with Gasteiger partial charge in [0.15, 0.2) is 0 Å². The summed E-state index contributed by atoms with van der Waals surface area (Å²) in [7, 11) is 3.43. The first-order valence-corrected chi connectivity index (χ1v) is 5.49. The molecule has 0 saturated heterocycles. The standard InChI is InChI=1S/C12H17ClN2O/c1-12(2,3)9-6-8(7-10(13)14-9)11(16)15(4)5/h6-7H,1-5H3.